The van der Waals surface area contributed by atoms with Gasteiger partial charge in [0.1, 0.15) is 18.4 Å². The van der Waals surface area contributed by atoms with Gasteiger partial charge in [-0.25, -0.2) is 0 Å². The molecule has 1 saturated heterocycles. The van der Waals surface area contributed by atoms with Gasteiger partial charge in [0.2, 0.25) is 11.8 Å². The third-order valence-corrected chi connectivity index (χ3v) is 4.54. The summed E-state index contributed by atoms with van der Waals surface area (Å²) in [5, 5.41) is 5.56. The van der Waals surface area contributed by atoms with Crippen LogP contribution in [0.5, 0.6) is 5.75 Å². The number of esters is 1. The highest BCUT2D eigenvalue weighted by molar-refractivity contribution is 5.93. The molecule has 1 aliphatic heterocycles. The third-order valence-electron chi connectivity index (χ3n) is 4.54. The quantitative estimate of drug-likeness (QED) is 0.378. The number of benzene rings is 1. The standard InChI is InChI=1S/C22H33N3O6/c1-4-29-10-11-30-18-7-5-6-17(12-18)24-20(26)14-25-9-8-23-22(28)19(25)13-21(27)31-15-16(2)3/h5-7,12,16,19H,4,8-11,13-15H2,1-3H3,(H,23,28)(H,24,26). The number of amides is 2. The fourth-order valence-electron chi connectivity index (χ4n) is 3.06. The highest BCUT2D eigenvalue weighted by Crippen LogP contribution is 2.18. The molecule has 0 aliphatic carbocycles. The van der Waals surface area contributed by atoms with Crippen molar-refractivity contribution in [3.8, 4) is 5.75 Å². The Kier molecular flexibility index (Phi) is 10.3. The molecule has 1 aromatic carbocycles. The van der Waals surface area contributed by atoms with Crippen LogP contribution in [0.1, 0.15) is 27.2 Å². The molecule has 172 valence electrons. The van der Waals surface area contributed by atoms with Crippen LogP contribution in [0.15, 0.2) is 24.3 Å². The normalized spacial score (nSPS) is 16.6. The predicted molar refractivity (Wildman–Crippen MR) is 116 cm³/mol. The van der Waals surface area contributed by atoms with Crippen LogP contribution in [0.4, 0.5) is 5.69 Å². The highest BCUT2D eigenvalue weighted by atomic mass is 16.5. The highest BCUT2D eigenvalue weighted by Gasteiger charge is 2.33. The number of nitrogens with zero attached hydrogens (tertiary/aromatic N) is 1. The molecule has 1 aliphatic rings. The number of rotatable bonds is 12. The van der Waals surface area contributed by atoms with E-state index in [0.717, 1.165) is 0 Å². The summed E-state index contributed by atoms with van der Waals surface area (Å²) in [5.74, 6) is -0.157. The summed E-state index contributed by atoms with van der Waals surface area (Å²) in [5.41, 5.74) is 0.591. The molecule has 1 atom stereocenters. The third kappa shape index (κ3) is 8.94. The topological polar surface area (TPSA) is 106 Å². The van der Waals surface area contributed by atoms with Crippen LogP contribution in [0.2, 0.25) is 0 Å². The SMILES string of the molecule is CCOCCOc1cccc(NC(=O)CN2CCNC(=O)C2CC(=O)OCC(C)C)c1. The Bertz CT molecular complexity index is 740. The number of anilines is 1. The molecule has 1 fully saturated rings. The molecule has 0 bridgehead atoms. The molecule has 1 aromatic rings. The predicted octanol–water partition coefficient (Wildman–Crippen LogP) is 1.43. The second kappa shape index (κ2) is 12.9. The number of piperazine rings is 1. The molecule has 0 aromatic heterocycles. The zero-order valence-electron chi connectivity index (χ0n) is 18.5. The van der Waals surface area contributed by atoms with Crippen molar-refractivity contribution in [2.75, 3.05) is 51.4 Å². The van der Waals surface area contributed by atoms with E-state index in [1.807, 2.05) is 20.8 Å². The molecule has 0 spiro atoms. The first kappa shape index (κ1) is 24.6. The summed E-state index contributed by atoms with van der Waals surface area (Å²) in [4.78, 5) is 38.7. The van der Waals surface area contributed by atoms with E-state index < -0.39 is 12.0 Å². The minimum atomic E-state index is -0.729. The molecule has 2 amide bonds. The van der Waals surface area contributed by atoms with Crippen molar-refractivity contribution >= 4 is 23.5 Å². The number of carbonyl (C=O) groups excluding carboxylic acids is 3. The average Bonchev–Trinajstić information content (AvgIpc) is 2.72. The first-order valence-electron chi connectivity index (χ1n) is 10.7. The Morgan fingerprint density at radius 2 is 2.10 bits per heavy atom. The fraction of sp³-hybridized carbons (Fsp3) is 0.591. The minimum Gasteiger partial charge on any atom is -0.491 e. The number of nitrogens with one attached hydrogen (secondary N) is 2. The van der Waals surface area contributed by atoms with E-state index in [1.54, 1.807) is 29.2 Å². The molecular formula is C22H33N3O6. The van der Waals surface area contributed by atoms with Crippen LogP contribution in [0, 0.1) is 5.92 Å². The van der Waals surface area contributed by atoms with Crippen LogP contribution in [0.25, 0.3) is 0 Å². The number of hydrogen-bond donors (Lipinski definition) is 2. The van der Waals surface area contributed by atoms with E-state index in [2.05, 4.69) is 10.6 Å². The van der Waals surface area contributed by atoms with E-state index in [1.165, 1.54) is 0 Å². The first-order chi connectivity index (χ1) is 14.9. The maximum Gasteiger partial charge on any atom is 0.307 e. The maximum absolute atomic E-state index is 12.6. The van der Waals surface area contributed by atoms with Crippen LogP contribution in [0.3, 0.4) is 0 Å². The van der Waals surface area contributed by atoms with Crippen molar-refractivity contribution in [3.05, 3.63) is 24.3 Å². The van der Waals surface area contributed by atoms with Gasteiger partial charge in [0.05, 0.1) is 26.2 Å². The van der Waals surface area contributed by atoms with E-state index >= 15 is 0 Å². The zero-order chi connectivity index (χ0) is 22.6. The molecule has 0 saturated carbocycles. The number of ether oxygens (including phenoxy) is 3. The number of carbonyl (C=O) groups is 3. The van der Waals surface area contributed by atoms with Gasteiger partial charge in [-0.1, -0.05) is 19.9 Å². The van der Waals surface area contributed by atoms with Crippen LogP contribution < -0.4 is 15.4 Å². The summed E-state index contributed by atoms with van der Waals surface area (Å²) in [6.45, 7) is 8.53. The summed E-state index contributed by atoms with van der Waals surface area (Å²) in [6.07, 6.45) is -0.0883. The maximum atomic E-state index is 12.6. The van der Waals surface area contributed by atoms with Gasteiger partial charge in [-0.05, 0) is 25.0 Å². The van der Waals surface area contributed by atoms with Crippen LogP contribution in [-0.2, 0) is 23.9 Å². The summed E-state index contributed by atoms with van der Waals surface area (Å²) < 4.78 is 16.0. The van der Waals surface area contributed by atoms with Gasteiger partial charge in [0.25, 0.3) is 0 Å². The lowest BCUT2D eigenvalue weighted by Crippen LogP contribution is -2.57. The summed E-state index contributed by atoms with van der Waals surface area (Å²) >= 11 is 0. The van der Waals surface area contributed by atoms with E-state index in [9.17, 15) is 14.4 Å². The van der Waals surface area contributed by atoms with Gasteiger partial charge < -0.3 is 24.8 Å². The van der Waals surface area contributed by atoms with Gasteiger partial charge in [-0.2, -0.15) is 0 Å². The Labute approximate surface area is 183 Å². The van der Waals surface area contributed by atoms with E-state index in [4.69, 9.17) is 14.2 Å². The Hall–Kier alpha value is -2.65. The minimum absolute atomic E-state index is 0.00896. The fourth-order valence-corrected chi connectivity index (χ4v) is 3.06. The monoisotopic (exact) mass is 435 g/mol. The lowest BCUT2D eigenvalue weighted by atomic mass is 10.1. The Morgan fingerprint density at radius 1 is 1.29 bits per heavy atom. The van der Waals surface area contributed by atoms with Gasteiger partial charge in [0.15, 0.2) is 0 Å². The second-order valence-electron chi connectivity index (χ2n) is 7.68. The van der Waals surface area contributed by atoms with Gasteiger partial charge in [-0.3, -0.25) is 19.3 Å². The van der Waals surface area contributed by atoms with Crippen molar-refractivity contribution in [1.82, 2.24) is 10.2 Å². The van der Waals surface area contributed by atoms with Gasteiger partial charge >= 0.3 is 5.97 Å². The van der Waals surface area contributed by atoms with Crippen molar-refractivity contribution in [3.63, 3.8) is 0 Å². The van der Waals surface area contributed by atoms with Crippen LogP contribution in [-0.4, -0.2) is 74.8 Å². The van der Waals surface area contributed by atoms with Crippen molar-refractivity contribution < 1.29 is 28.6 Å². The van der Waals surface area contributed by atoms with E-state index in [-0.39, 0.29) is 30.7 Å². The van der Waals surface area contributed by atoms with Gasteiger partial charge in [0, 0.05) is 31.5 Å². The van der Waals surface area contributed by atoms with Crippen molar-refractivity contribution in [2.24, 2.45) is 5.92 Å². The smallest absolute Gasteiger partial charge is 0.307 e. The van der Waals surface area contributed by atoms with E-state index in [0.29, 0.717) is 51.0 Å². The summed E-state index contributed by atoms with van der Waals surface area (Å²) in [7, 11) is 0. The lowest BCUT2D eigenvalue weighted by molar-refractivity contribution is -0.149. The zero-order valence-corrected chi connectivity index (χ0v) is 18.5. The molecule has 0 radical (unpaired) electrons. The van der Waals surface area contributed by atoms with Gasteiger partial charge in [-0.15, -0.1) is 0 Å². The number of hydrogen-bond acceptors (Lipinski definition) is 7. The molecule has 1 heterocycles. The molecule has 31 heavy (non-hydrogen) atoms. The molecule has 9 heteroatoms. The average molecular weight is 436 g/mol. The first-order valence-corrected chi connectivity index (χ1v) is 10.7. The molecule has 2 N–H and O–H groups in total. The van der Waals surface area contributed by atoms with Crippen molar-refractivity contribution in [1.29, 1.82) is 0 Å². The Morgan fingerprint density at radius 3 is 2.84 bits per heavy atom. The molecular weight excluding hydrogens is 402 g/mol. The van der Waals surface area contributed by atoms with Crippen LogP contribution >= 0.6 is 0 Å². The lowest BCUT2D eigenvalue weighted by Gasteiger charge is -2.33. The second-order valence-corrected chi connectivity index (χ2v) is 7.68. The molecule has 9 nitrogen and oxygen atoms in total. The van der Waals surface area contributed by atoms with Crippen molar-refractivity contribution in [2.45, 2.75) is 33.2 Å². The Balaban J connectivity index is 1.90. The summed E-state index contributed by atoms with van der Waals surface area (Å²) in [6, 6.07) is 6.35. The largest absolute Gasteiger partial charge is 0.491 e. The molecule has 2 rings (SSSR count). The molecule has 1 unspecified atom stereocenters.